The summed E-state index contributed by atoms with van der Waals surface area (Å²) in [6, 6.07) is 0. The summed E-state index contributed by atoms with van der Waals surface area (Å²) in [7, 11) is 0. The maximum Gasteiger partial charge on any atom is 0.306 e. The monoisotopic (exact) mass is 404 g/mol. The first-order valence-corrected chi connectivity index (χ1v) is 10.6. The molecule has 0 fully saturated rings. The number of esters is 3. The Kier molecular flexibility index (Phi) is 18.9. The summed E-state index contributed by atoms with van der Waals surface area (Å²) in [5, 5.41) is 0. The Bertz CT molecular complexity index is 414. The van der Waals surface area contributed by atoms with Crippen LogP contribution in [-0.4, -0.2) is 44.4 Å². The van der Waals surface area contributed by atoms with Gasteiger partial charge >= 0.3 is 17.9 Å². The highest BCUT2D eigenvalue weighted by atomic mass is 19.1. The van der Waals surface area contributed by atoms with Gasteiger partial charge < -0.3 is 14.2 Å². The number of carbonyl (C=O) groups excluding carboxylic acids is 3. The van der Waals surface area contributed by atoms with Crippen LogP contribution >= 0.6 is 0 Å². The van der Waals surface area contributed by atoms with Gasteiger partial charge in [0, 0.05) is 6.42 Å². The quantitative estimate of drug-likeness (QED) is 0.177. The number of hydrogen-bond acceptors (Lipinski definition) is 6. The topological polar surface area (TPSA) is 78.9 Å². The Labute approximate surface area is 168 Å². The van der Waals surface area contributed by atoms with Crippen molar-refractivity contribution in [2.45, 2.75) is 90.4 Å². The zero-order valence-corrected chi connectivity index (χ0v) is 17.3. The van der Waals surface area contributed by atoms with Crippen LogP contribution in [0.25, 0.3) is 0 Å². The minimum atomic E-state index is -0.733. The summed E-state index contributed by atoms with van der Waals surface area (Å²) in [6.07, 6.45) is 10.6. The second kappa shape index (κ2) is 20.1. The Morgan fingerprint density at radius 3 is 1.54 bits per heavy atom. The molecule has 0 aliphatic heterocycles. The first kappa shape index (κ1) is 26.3. The highest BCUT2D eigenvalue weighted by Gasteiger charge is 2.09. The molecule has 0 aliphatic carbocycles. The van der Waals surface area contributed by atoms with E-state index in [0.29, 0.717) is 25.9 Å². The van der Waals surface area contributed by atoms with Gasteiger partial charge in [-0.15, -0.1) is 0 Å². The van der Waals surface area contributed by atoms with Crippen molar-refractivity contribution in [2.24, 2.45) is 0 Å². The van der Waals surface area contributed by atoms with Gasteiger partial charge in [0.05, 0.1) is 26.1 Å². The van der Waals surface area contributed by atoms with Gasteiger partial charge in [-0.25, -0.2) is 4.39 Å². The van der Waals surface area contributed by atoms with E-state index in [4.69, 9.17) is 9.47 Å². The summed E-state index contributed by atoms with van der Waals surface area (Å²) >= 11 is 0. The van der Waals surface area contributed by atoms with Gasteiger partial charge in [0.25, 0.3) is 0 Å². The summed E-state index contributed by atoms with van der Waals surface area (Å²) < 4.78 is 26.5. The molecule has 0 saturated heterocycles. The molecule has 0 unspecified atom stereocenters. The molecule has 0 spiro atoms. The molecule has 0 aliphatic rings. The highest BCUT2D eigenvalue weighted by Crippen LogP contribution is 2.08. The fourth-order valence-corrected chi connectivity index (χ4v) is 2.55. The average Bonchev–Trinajstić information content (AvgIpc) is 2.69. The molecule has 0 bridgehead atoms. The predicted octanol–water partition coefficient (Wildman–Crippen LogP) is 4.68. The second-order valence-corrected chi connectivity index (χ2v) is 6.78. The predicted molar refractivity (Wildman–Crippen MR) is 105 cm³/mol. The van der Waals surface area contributed by atoms with Crippen molar-refractivity contribution in [2.75, 3.05) is 26.5 Å². The molecule has 7 heteroatoms. The van der Waals surface area contributed by atoms with Crippen molar-refractivity contribution in [1.82, 2.24) is 0 Å². The Morgan fingerprint density at radius 1 is 0.571 bits per heavy atom. The lowest BCUT2D eigenvalue weighted by Crippen LogP contribution is -2.12. The number of carbonyl (C=O) groups is 3. The summed E-state index contributed by atoms with van der Waals surface area (Å²) in [5.74, 6) is -1.26. The molecular weight excluding hydrogens is 367 g/mol. The lowest BCUT2D eigenvalue weighted by molar-refractivity contribution is -0.150. The van der Waals surface area contributed by atoms with Crippen LogP contribution in [0.5, 0.6) is 0 Å². The molecule has 0 amide bonds. The molecule has 0 aromatic rings. The molecule has 28 heavy (non-hydrogen) atoms. The van der Waals surface area contributed by atoms with E-state index in [-0.39, 0.29) is 32.0 Å². The molecule has 0 rings (SSSR count). The van der Waals surface area contributed by atoms with E-state index in [9.17, 15) is 18.8 Å². The van der Waals surface area contributed by atoms with Gasteiger partial charge in [-0.3, -0.25) is 14.4 Å². The number of rotatable bonds is 19. The molecule has 0 aromatic carbocycles. The van der Waals surface area contributed by atoms with Gasteiger partial charge in [-0.2, -0.15) is 0 Å². The minimum absolute atomic E-state index is 0.0734. The molecule has 0 heterocycles. The van der Waals surface area contributed by atoms with Crippen LogP contribution in [0.15, 0.2) is 0 Å². The van der Waals surface area contributed by atoms with Gasteiger partial charge in [-0.1, -0.05) is 45.4 Å². The maximum absolute atomic E-state index is 11.8. The van der Waals surface area contributed by atoms with Gasteiger partial charge in [0.2, 0.25) is 0 Å². The largest absolute Gasteiger partial charge is 0.466 e. The van der Waals surface area contributed by atoms with Crippen LogP contribution < -0.4 is 0 Å². The molecule has 164 valence electrons. The Balaban J connectivity index is 3.37. The van der Waals surface area contributed by atoms with Crippen LogP contribution in [0.2, 0.25) is 0 Å². The van der Waals surface area contributed by atoms with Gasteiger partial charge in [0.15, 0.2) is 0 Å². The van der Waals surface area contributed by atoms with E-state index in [1.807, 2.05) is 0 Å². The first-order valence-electron chi connectivity index (χ1n) is 10.6. The van der Waals surface area contributed by atoms with E-state index in [2.05, 4.69) is 11.7 Å². The summed E-state index contributed by atoms with van der Waals surface area (Å²) in [5.41, 5.74) is 0. The lowest BCUT2D eigenvalue weighted by Gasteiger charge is -2.06. The van der Waals surface area contributed by atoms with E-state index in [0.717, 1.165) is 19.3 Å². The van der Waals surface area contributed by atoms with Crippen molar-refractivity contribution in [3.8, 4) is 0 Å². The van der Waals surface area contributed by atoms with Crippen molar-refractivity contribution >= 4 is 17.9 Å². The van der Waals surface area contributed by atoms with Crippen molar-refractivity contribution < 1.29 is 33.0 Å². The SMILES string of the molecule is CCCCCCCCCOC(=O)CCCCCOC(=O)CCC(=O)OCCF. The van der Waals surface area contributed by atoms with E-state index < -0.39 is 18.6 Å². The molecule has 6 nitrogen and oxygen atoms in total. The van der Waals surface area contributed by atoms with E-state index in [1.165, 1.54) is 32.1 Å². The maximum atomic E-state index is 11.8. The number of ether oxygens (including phenoxy) is 3. The number of alkyl halides is 1. The van der Waals surface area contributed by atoms with Gasteiger partial charge in [0.1, 0.15) is 13.3 Å². The third-order valence-electron chi connectivity index (χ3n) is 4.17. The molecule has 0 saturated carbocycles. The van der Waals surface area contributed by atoms with Crippen molar-refractivity contribution in [3.63, 3.8) is 0 Å². The third-order valence-corrected chi connectivity index (χ3v) is 4.17. The van der Waals surface area contributed by atoms with Crippen LogP contribution in [0.4, 0.5) is 4.39 Å². The van der Waals surface area contributed by atoms with Crippen LogP contribution in [0, 0.1) is 0 Å². The van der Waals surface area contributed by atoms with Crippen molar-refractivity contribution in [1.29, 1.82) is 0 Å². The zero-order valence-electron chi connectivity index (χ0n) is 17.3. The average molecular weight is 405 g/mol. The smallest absolute Gasteiger partial charge is 0.306 e. The van der Waals surface area contributed by atoms with Crippen LogP contribution in [0.3, 0.4) is 0 Å². The Hall–Kier alpha value is -1.66. The van der Waals surface area contributed by atoms with E-state index >= 15 is 0 Å². The van der Waals surface area contributed by atoms with Gasteiger partial charge in [-0.05, 0) is 25.7 Å². The fourth-order valence-electron chi connectivity index (χ4n) is 2.55. The molecule has 0 N–H and O–H groups in total. The number of hydrogen-bond donors (Lipinski definition) is 0. The van der Waals surface area contributed by atoms with Crippen LogP contribution in [0.1, 0.15) is 90.4 Å². The Morgan fingerprint density at radius 2 is 1.00 bits per heavy atom. The molecule has 0 atom stereocenters. The summed E-state index contributed by atoms with van der Waals surface area (Å²) in [6.45, 7) is 1.94. The van der Waals surface area contributed by atoms with Crippen molar-refractivity contribution in [3.05, 3.63) is 0 Å². The number of halogens is 1. The summed E-state index contributed by atoms with van der Waals surface area (Å²) in [4.78, 5) is 34.1. The standard InChI is InChI=1S/C21H37FO6/c1-2-3-4-5-6-7-10-16-26-19(23)12-9-8-11-17-27-20(24)13-14-21(25)28-18-15-22/h2-18H2,1H3. The zero-order chi connectivity index (χ0) is 20.9. The normalized spacial score (nSPS) is 10.5. The molecule has 0 radical (unpaired) electrons. The highest BCUT2D eigenvalue weighted by molar-refractivity contribution is 5.77. The molecular formula is C21H37FO6. The van der Waals surface area contributed by atoms with Crippen LogP contribution in [-0.2, 0) is 28.6 Å². The van der Waals surface area contributed by atoms with E-state index in [1.54, 1.807) is 0 Å². The number of unbranched alkanes of at least 4 members (excludes halogenated alkanes) is 8. The first-order chi connectivity index (χ1) is 13.6. The molecule has 0 aromatic heterocycles. The third kappa shape index (κ3) is 19.1. The second-order valence-electron chi connectivity index (χ2n) is 6.78. The fraction of sp³-hybridized carbons (Fsp3) is 0.857. The minimum Gasteiger partial charge on any atom is -0.466 e. The lowest BCUT2D eigenvalue weighted by atomic mass is 10.1.